The number of hydrogen-bond acceptors (Lipinski definition) is 4. The Hall–Kier alpha value is -2.73. The van der Waals surface area contributed by atoms with Gasteiger partial charge in [0.2, 0.25) is 0 Å². The van der Waals surface area contributed by atoms with Crippen LogP contribution in [0.3, 0.4) is 0 Å². The van der Waals surface area contributed by atoms with E-state index in [0.717, 1.165) is 5.56 Å². The molecular formula is C18H19ClN2O4. The minimum absolute atomic E-state index is 0.281. The Labute approximate surface area is 151 Å². The van der Waals surface area contributed by atoms with Crippen LogP contribution < -0.4 is 20.3 Å². The van der Waals surface area contributed by atoms with Gasteiger partial charge in [0.1, 0.15) is 11.5 Å². The predicted molar refractivity (Wildman–Crippen MR) is 94.5 cm³/mol. The van der Waals surface area contributed by atoms with Gasteiger partial charge >= 0.3 is 0 Å². The Balaban J connectivity index is 1.76. The van der Waals surface area contributed by atoms with Crippen molar-refractivity contribution < 1.29 is 19.1 Å². The number of rotatable bonds is 6. The smallest absolute Gasteiger partial charge is 0.279 e. The molecule has 1 atom stereocenters. The minimum atomic E-state index is -0.772. The standard InChI is InChI=1S/C18H19ClN2O4/c1-12-7-3-5-9-15(12)25-13(2)18(23)21-20-17(22)11-24-16-10-6-4-8-14(16)19/h3-10,13H,11H2,1-2H3,(H,20,22)(H,21,23). The Morgan fingerprint density at radius 3 is 2.36 bits per heavy atom. The molecule has 0 aliphatic carbocycles. The van der Waals surface area contributed by atoms with E-state index in [1.165, 1.54) is 0 Å². The lowest BCUT2D eigenvalue weighted by Gasteiger charge is -2.16. The summed E-state index contributed by atoms with van der Waals surface area (Å²) in [5.41, 5.74) is 5.48. The Morgan fingerprint density at radius 1 is 1.04 bits per heavy atom. The molecule has 0 bridgehead atoms. The van der Waals surface area contributed by atoms with Crippen LogP contribution in [0.2, 0.25) is 5.02 Å². The first-order valence-corrected chi connectivity index (χ1v) is 8.03. The number of hydrazine groups is 1. The van der Waals surface area contributed by atoms with Crippen molar-refractivity contribution in [1.29, 1.82) is 0 Å². The highest BCUT2D eigenvalue weighted by molar-refractivity contribution is 6.32. The third-order valence-electron chi connectivity index (χ3n) is 3.29. The number of para-hydroxylation sites is 2. The number of aryl methyl sites for hydroxylation is 1. The molecule has 2 N–H and O–H groups in total. The second-order valence-corrected chi connectivity index (χ2v) is 5.69. The Kier molecular flexibility index (Phi) is 6.65. The highest BCUT2D eigenvalue weighted by Crippen LogP contribution is 2.22. The zero-order chi connectivity index (χ0) is 18.2. The number of halogens is 1. The van der Waals surface area contributed by atoms with Gasteiger partial charge in [0.25, 0.3) is 11.8 Å². The molecule has 2 aromatic carbocycles. The topological polar surface area (TPSA) is 76.7 Å². The van der Waals surface area contributed by atoms with E-state index < -0.39 is 17.9 Å². The summed E-state index contributed by atoms with van der Waals surface area (Å²) in [6.45, 7) is 3.19. The van der Waals surface area contributed by atoms with Crippen LogP contribution in [0.25, 0.3) is 0 Å². The highest BCUT2D eigenvalue weighted by atomic mass is 35.5. The van der Waals surface area contributed by atoms with Crippen molar-refractivity contribution in [1.82, 2.24) is 10.9 Å². The van der Waals surface area contributed by atoms with Gasteiger partial charge in [0.05, 0.1) is 5.02 Å². The highest BCUT2D eigenvalue weighted by Gasteiger charge is 2.16. The number of carbonyl (C=O) groups excluding carboxylic acids is 2. The first kappa shape index (κ1) is 18.6. The minimum Gasteiger partial charge on any atom is -0.482 e. The lowest BCUT2D eigenvalue weighted by molar-refractivity contribution is -0.133. The normalized spacial score (nSPS) is 11.3. The van der Waals surface area contributed by atoms with E-state index in [1.54, 1.807) is 37.3 Å². The van der Waals surface area contributed by atoms with E-state index in [0.29, 0.717) is 16.5 Å². The summed E-state index contributed by atoms with van der Waals surface area (Å²) >= 11 is 5.92. The molecule has 0 aliphatic heterocycles. The SMILES string of the molecule is Cc1ccccc1OC(C)C(=O)NNC(=O)COc1ccccc1Cl. The van der Waals surface area contributed by atoms with Crippen molar-refractivity contribution in [2.75, 3.05) is 6.61 Å². The van der Waals surface area contributed by atoms with Gasteiger partial charge in [-0.25, -0.2) is 0 Å². The fourth-order valence-corrected chi connectivity index (χ4v) is 2.10. The van der Waals surface area contributed by atoms with E-state index >= 15 is 0 Å². The maximum Gasteiger partial charge on any atom is 0.279 e. The fourth-order valence-electron chi connectivity index (χ4n) is 1.91. The van der Waals surface area contributed by atoms with Crippen molar-refractivity contribution in [3.05, 3.63) is 59.1 Å². The van der Waals surface area contributed by atoms with Crippen molar-refractivity contribution in [2.45, 2.75) is 20.0 Å². The Morgan fingerprint density at radius 2 is 1.68 bits per heavy atom. The number of nitrogens with one attached hydrogen (secondary N) is 2. The van der Waals surface area contributed by atoms with Crippen LogP contribution in [0.4, 0.5) is 0 Å². The molecule has 0 heterocycles. The first-order valence-electron chi connectivity index (χ1n) is 7.65. The molecule has 0 fully saturated rings. The molecule has 2 rings (SSSR count). The number of ether oxygens (including phenoxy) is 2. The lowest BCUT2D eigenvalue weighted by Crippen LogP contribution is -2.48. The second kappa shape index (κ2) is 8.94. The molecular weight excluding hydrogens is 344 g/mol. The van der Waals surface area contributed by atoms with Gasteiger partial charge in [-0.05, 0) is 37.6 Å². The molecule has 1 unspecified atom stereocenters. The fraction of sp³-hybridized carbons (Fsp3) is 0.222. The van der Waals surface area contributed by atoms with Crippen molar-refractivity contribution in [2.24, 2.45) is 0 Å². The van der Waals surface area contributed by atoms with Crippen molar-refractivity contribution >= 4 is 23.4 Å². The monoisotopic (exact) mass is 362 g/mol. The largest absolute Gasteiger partial charge is 0.482 e. The van der Waals surface area contributed by atoms with Gasteiger partial charge < -0.3 is 9.47 Å². The van der Waals surface area contributed by atoms with Crippen LogP contribution >= 0.6 is 11.6 Å². The van der Waals surface area contributed by atoms with Crippen molar-refractivity contribution in [3.63, 3.8) is 0 Å². The molecule has 25 heavy (non-hydrogen) atoms. The van der Waals surface area contributed by atoms with Gasteiger partial charge in [-0.3, -0.25) is 20.4 Å². The summed E-state index contributed by atoms with van der Waals surface area (Å²) in [5.74, 6) is 0.00568. The van der Waals surface area contributed by atoms with Crippen molar-refractivity contribution in [3.8, 4) is 11.5 Å². The molecule has 0 saturated carbocycles. The predicted octanol–water partition coefficient (Wildman–Crippen LogP) is 2.64. The summed E-state index contributed by atoms with van der Waals surface area (Å²) in [6.07, 6.45) is -0.772. The van der Waals surface area contributed by atoms with Gasteiger partial charge in [-0.15, -0.1) is 0 Å². The molecule has 0 aromatic heterocycles. The molecule has 2 amide bonds. The van der Waals surface area contributed by atoms with E-state index in [1.807, 2.05) is 25.1 Å². The quantitative estimate of drug-likeness (QED) is 0.774. The molecule has 7 heteroatoms. The van der Waals surface area contributed by atoms with Crippen LogP contribution in [0.5, 0.6) is 11.5 Å². The van der Waals surface area contributed by atoms with Crippen LogP contribution in [0.1, 0.15) is 12.5 Å². The molecule has 6 nitrogen and oxygen atoms in total. The average molecular weight is 363 g/mol. The Bertz CT molecular complexity index is 751. The third-order valence-corrected chi connectivity index (χ3v) is 3.60. The van der Waals surface area contributed by atoms with Gasteiger partial charge in [-0.1, -0.05) is 41.9 Å². The number of carbonyl (C=O) groups is 2. The maximum atomic E-state index is 12.0. The summed E-state index contributed by atoms with van der Waals surface area (Å²) in [5, 5.41) is 0.402. The van der Waals surface area contributed by atoms with Crippen LogP contribution in [-0.2, 0) is 9.59 Å². The second-order valence-electron chi connectivity index (χ2n) is 5.28. The summed E-state index contributed by atoms with van der Waals surface area (Å²) < 4.78 is 10.8. The van der Waals surface area contributed by atoms with Crippen LogP contribution in [0.15, 0.2) is 48.5 Å². The summed E-state index contributed by atoms with van der Waals surface area (Å²) in [7, 11) is 0. The third kappa shape index (κ3) is 5.69. The number of amides is 2. The molecule has 0 spiro atoms. The average Bonchev–Trinajstić information content (AvgIpc) is 2.60. The van der Waals surface area contributed by atoms with Gasteiger partial charge in [0.15, 0.2) is 12.7 Å². The lowest BCUT2D eigenvalue weighted by atomic mass is 10.2. The van der Waals surface area contributed by atoms with E-state index in [4.69, 9.17) is 21.1 Å². The number of hydrogen-bond donors (Lipinski definition) is 2. The van der Waals surface area contributed by atoms with E-state index in [2.05, 4.69) is 10.9 Å². The first-order chi connectivity index (χ1) is 12.0. The van der Waals surface area contributed by atoms with E-state index in [-0.39, 0.29) is 6.61 Å². The van der Waals surface area contributed by atoms with Gasteiger partial charge in [0, 0.05) is 0 Å². The molecule has 2 aromatic rings. The van der Waals surface area contributed by atoms with Crippen LogP contribution in [0, 0.1) is 6.92 Å². The summed E-state index contributed by atoms with van der Waals surface area (Å²) in [6, 6.07) is 14.2. The number of benzene rings is 2. The summed E-state index contributed by atoms with van der Waals surface area (Å²) in [4.78, 5) is 23.7. The maximum absolute atomic E-state index is 12.0. The van der Waals surface area contributed by atoms with Crippen LogP contribution in [-0.4, -0.2) is 24.5 Å². The zero-order valence-electron chi connectivity index (χ0n) is 13.9. The molecule has 132 valence electrons. The molecule has 0 saturated heterocycles. The zero-order valence-corrected chi connectivity index (χ0v) is 14.7. The molecule has 0 radical (unpaired) electrons. The van der Waals surface area contributed by atoms with E-state index in [9.17, 15) is 9.59 Å². The van der Waals surface area contributed by atoms with Gasteiger partial charge in [-0.2, -0.15) is 0 Å². The molecule has 0 aliphatic rings.